The molecular formula is C24H32N2O8. The number of aromatic hydroxyl groups is 1. The van der Waals surface area contributed by atoms with Crippen molar-refractivity contribution in [3.05, 3.63) is 47.5 Å². The lowest BCUT2D eigenvalue weighted by molar-refractivity contribution is -0.159. The number of carbonyl (C=O) groups is 2. The summed E-state index contributed by atoms with van der Waals surface area (Å²) in [6.07, 6.45) is 0. The fourth-order valence-corrected chi connectivity index (χ4v) is 3.52. The van der Waals surface area contributed by atoms with Crippen LogP contribution in [-0.4, -0.2) is 84.1 Å². The van der Waals surface area contributed by atoms with Gasteiger partial charge in [0.15, 0.2) is 11.5 Å². The van der Waals surface area contributed by atoms with E-state index in [0.29, 0.717) is 18.1 Å². The third-order valence-corrected chi connectivity index (χ3v) is 5.23. The van der Waals surface area contributed by atoms with Gasteiger partial charge in [-0.1, -0.05) is 12.1 Å². The van der Waals surface area contributed by atoms with Crippen LogP contribution in [0, 0.1) is 0 Å². The zero-order chi connectivity index (χ0) is 25.1. The van der Waals surface area contributed by atoms with Gasteiger partial charge in [-0.25, -0.2) is 9.59 Å². The van der Waals surface area contributed by atoms with Crippen LogP contribution in [0.3, 0.4) is 0 Å². The number of aliphatic carboxylic acids is 2. The first-order valence-corrected chi connectivity index (χ1v) is 10.8. The first-order valence-electron chi connectivity index (χ1n) is 10.8. The molecule has 2 aromatic carbocycles. The highest BCUT2D eigenvalue weighted by Gasteiger charge is 2.19. The fourth-order valence-electron chi connectivity index (χ4n) is 3.52. The van der Waals surface area contributed by atoms with Crippen molar-refractivity contribution < 1.29 is 39.1 Å². The molecule has 0 saturated carbocycles. The van der Waals surface area contributed by atoms with E-state index in [-0.39, 0.29) is 5.75 Å². The van der Waals surface area contributed by atoms with Gasteiger partial charge in [0.25, 0.3) is 0 Å². The SMILES string of the molecule is CCOc1ccc(CN2CCN(Cc3cc(OC)c(O)c(OC)c3)CC2)cc1.O=C(O)C(=O)O. The molecule has 1 aliphatic rings. The second-order valence-corrected chi connectivity index (χ2v) is 7.59. The molecule has 10 nitrogen and oxygen atoms in total. The number of hydrogen-bond acceptors (Lipinski definition) is 8. The number of hydrogen-bond donors (Lipinski definition) is 3. The number of carboxylic acids is 2. The number of piperazine rings is 1. The number of ether oxygens (including phenoxy) is 3. The molecule has 0 radical (unpaired) electrons. The maximum atomic E-state index is 10.1. The van der Waals surface area contributed by atoms with Gasteiger partial charge in [-0.15, -0.1) is 0 Å². The summed E-state index contributed by atoms with van der Waals surface area (Å²) in [5.41, 5.74) is 2.39. The van der Waals surface area contributed by atoms with Crippen LogP contribution in [0.15, 0.2) is 36.4 Å². The molecule has 0 aliphatic carbocycles. The van der Waals surface area contributed by atoms with Gasteiger partial charge in [0.2, 0.25) is 5.75 Å². The molecular weight excluding hydrogens is 444 g/mol. The predicted octanol–water partition coefficient (Wildman–Crippen LogP) is 2.28. The first-order chi connectivity index (χ1) is 16.3. The summed E-state index contributed by atoms with van der Waals surface area (Å²) in [6.45, 7) is 8.52. The van der Waals surface area contributed by atoms with Crippen LogP contribution < -0.4 is 14.2 Å². The molecule has 3 N–H and O–H groups in total. The lowest BCUT2D eigenvalue weighted by atomic mass is 10.1. The van der Waals surface area contributed by atoms with Gasteiger partial charge in [0, 0.05) is 39.3 Å². The van der Waals surface area contributed by atoms with Crippen LogP contribution in [0.25, 0.3) is 0 Å². The fraction of sp³-hybridized carbons (Fsp3) is 0.417. The molecule has 0 unspecified atom stereocenters. The molecule has 186 valence electrons. The van der Waals surface area contributed by atoms with E-state index in [0.717, 1.165) is 50.6 Å². The van der Waals surface area contributed by atoms with E-state index in [1.165, 1.54) is 5.56 Å². The number of rotatable bonds is 8. The van der Waals surface area contributed by atoms with Crippen LogP contribution in [0.4, 0.5) is 0 Å². The van der Waals surface area contributed by atoms with E-state index < -0.39 is 11.9 Å². The van der Waals surface area contributed by atoms with E-state index in [4.69, 9.17) is 34.0 Å². The Morgan fingerprint density at radius 3 is 1.65 bits per heavy atom. The molecule has 1 heterocycles. The molecule has 0 bridgehead atoms. The summed E-state index contributed by atoms with van der Waals surface area (Å²) >= 11 is 0. The van der Waals surface area contributed by atoms with Crippen molar-refractivity contribution in [3.8, 4) is 23.0 Å². The molecule has 1 saturated heterocycles. The average Bonchev–Trinajstić information content (AvgIpc) is 2.83. The first kappa shape index (κ1) is 26.7. The van der Waals surface area contributed by atoms with Crippen molar-refractivity contribution in [1.82, 2.24) is 9.80 Å². The Morgan fingerprint density at radius 1 is 0.824 bits per heavy atom. The van der Waals surface area contributed by atoms with Crippen molar-refractivity contribution >= 4 is 11.9 Å². The van der Waals surface area contributed by atoms with E-state index in [1.807, 2.05) is 31.2 Å². The van der Waals surface area contributed by atoms with Crippen LogP contribution >= 0.6 is 0 Å². The van der Waals surface area contributed by atoms with Crippen molar-refractivity contribution in [3.63, 3.8) is 0 Å². The Bertz CT molecular complexity index is 903. The largest absolute Gasteiger partial charge is 0.502 e. The topological polar surface area (TPSA) is 129 Å². The van der Waals surface area contributed by atoms with Crippen LogP contribution in [0.1, 0.15) is 18.1 Å². The highest BCUT2D eigenvalue weighted by Crippen LogP contribution is 2.37. The summed E-state index contributed by atoms with van der Waals surface area (Å²) in [6, 6.07) is 12.1. The Kier molecular flexibility index (Phi) is 10.4. The van der Waals surface area contributed by atoms with Crippen molar-refractivity contribution in [2.45, 2.75) is 20.0 Å². The van der Waals surface area contributed by atoms with Gasteiger partial charge in [-0.05, 0) is 42.3 Å². The summed E-state index contributed by atoms with van der Waals surface area (Å²) in [4.78, 5) is 23.1. The Hall–Kier alpha value is -3.50. The second-order valence-electron chi connectivity index (χ2n) is 7.59. The van der Waals surface area contributed by atoms with Gasteiger partial charge >= 0.3 is 11.9 Å². The normalized spacial score (nSPS) is 14.0. The molecule has 1 fully saturated rings. The highest BCUT2D eigenvalue weighted by atomic mass is 16.5. The molecule has 1 aliphatic heterocycles. The summed E-state index contributed by atoms with van der Waals surface area (Å²) < 4.78 is 16.0. The van der Waals surface area contributed by atoms with E-state index in [2.05, 4.69) is 21.9 Å². The minimum atomic E-state index is -1.82. The highest BCUT2D eigenvalue weighted by molar-refractivity contribution is 6.27. The molecule has 0 spiro atoms. The monoisotopic (exact) mass is 476 g/mol. The minimum Gasteiger partial charge on any atom is -0.502 e. The van der Waals surface area contributed by atoms with Crippen LogP contribution in [-0.2, 0) is 22.7 Å². The summed E-state index contributed by atoms with van der Waals surface area (Å²) in [5.74, 6) is -1.78. The third kappa shape index (κ3) is 8.13. The molecule has 0 atom stereocenters. The van der Waals surface area contributed by atoms with E-state index in [9.17, 15) is 5.11 Å². The maximum Gasteiger partial charge on any atom is 0.414 e. The Morgan fingerprint density at radius 2 is 1.26 bits per heavy atom. The van der Waals surface area contributed by atoms with Gasteiger partial charge in [-0.3, -0.25) is 9.80 Å². The molecule has 3 rings (SSSR count). The molecule has 34 heavy (non-hydrogen) atoms. The number of benzene rings is 2. The lowest BCUT2D eigenvalue weighted by Gasteiger charge is -2.34. The van der Waals surface area contributed by atoms with E-state index >= 15 is 0 Å². The molecule has 0 aromatic heterocycles. The number of methoxy groups -OCH3 is 2. The van der Waals surface area contributed by atoms with Gasteiger partial charge in [0.1, 0.15) is 5.75 Å². The minimum absolute atomic E-state index is 0.0499. The van der Waals surface area contributed by atoms with Gasteiger partial charge < -0.3 is 29.5 Å². The third-order valence-electron chi connectivity index (χ3n) is 5.23. The number of phenolic OH excluding ortho intramolecular Hbond substituents is 1. The standard InChI is InChI=1S/C22H30N2O4.C2H2O4/c1-4-28-19-7-5-17(6-8-19)15-23-9-11-24(12-10-23)16-18-13-20(26-2)22(25)21(14-18)27-3;3-1(4)2(5)6/h5-8,13-14,25H,4,9-12,15-16H2,1-3H3;(H,3,4)(H,5,6). The van der Waals surface area contributed by atoms with Gasteiger partial charge in [-0.2, -0.15) is 0 Å². The zero-order valence-corrected chi connectivity index (χ0v) is 19.7. The zero-order valence-electron chi connectivity index (χ0n) is 19.7. The Balaban J connectivity index is 0.000000604. The summed E-state index contributed by atoms with van der Waals surface area (Å²) in [7, 11) is 3.11. The maximum absolute atomic E-state index is 10.1. The summed E-state index contributed by atoms with van der Waals surface area (Å²) in [5, 5.41) is 24.8. The number of phenols is 1. The lowest BCUT2D eigenvalue weighted by Crippen LogP contribution is -2.45. The Labute approximate surface area is 198 Å². The quantitative estimate of drug-likeness (QED) is 0.488. The molecule has 10 heteroatoms. The van der Waals surface area contributed by atoms with Crippen molar-refractivity contribution in [2.24, 2.45) is 0 Å². The van der Waals surface area contributed by atoms with E-state index in [1.54, 1.807) is 14.2 Å². The van der Waals surface area contributed by atoms with Crippen molar-refractivity contribution in [1.29, 1.82) is 0 Å². The number of nitrogens with zero attached hydrogens (tertiary/aromatic N) is 2. The second kappa shape index (κ2) is 13.3. The van der Waals surface area contributed by atoms with Crippen molar-refractivity contribution in [2.75, 3.05) is 47.0 Å². The van der Waals surface area contributed by atoms with Crippen LogP contribution in [0.5, 0.6) is 23.0 Å². The number of carboxylic acid groups (broad SMARTS) is 2. The van der Waals surface area contributed by atoms with Crippen LogP contribution in [0.2, 0.25) is 0 Å². The molecule has 2 aromatic rings. The smallest absolute Gasteiger partial charge is 0.414 e. The predicted molar refractivity (Wildman–Crippen MR) is 125 cm³/mol. The molecule has 0 amide bonds. The van der Waals surface area contributed by atoms with Gasteiger partial charge in [0.05, 0.1) is 20.8 Å². The average molecular weight is 477 g/mol.